The van der Waals surface area contributed by atoms with Crippen LogP contribution in [0.1, 0.15) is 36.6 Å². The van der Waals surface area contributed by atoms with Gasteiger partial charge in [0.15, 0.2) is 0 Å². The van der Waals surface area contributed by atoms with E-state index in [-0.39, 0.29) is 18.1 Å². The highest BCUT2D eigenvalue weighted by Gasteiger charge is 2.38. The van der Waals surface area contributed by atoms with Crippen LogP contribution in [-0.2, 0) is 13.0 Å². The molecule has 3 heteroatoms. The number of nitrogens with one attached hydrogen (secondary N) is 1. The first-order chi connectivity index (χ1) is 9.99. The molecule has 110 valence electrons. The number of aliphatic hydroxyl groups excluding tert-OH is 1. The Kier molecular flexibility index (Phi) is 3.68. The van der Waals surface area contributed by atoms with Crippen molar-refractivity contribution in [1.82, 2.24) is 0 Å². The molecule has 0 fully saturated rings. The van der Waals surface area contributed by atoms with E-state index in [1.807, 2.05) is 30.3 Å². The molecular weight excluding hydrogens is 282 g/mol. The standard InChI is InChI=1S/C18H20ClNO/c1-18(2)10-13-6-7-14(19)9-16(13)17(18)20-15-5-3-4-12(8-15)11-21/h3-9,17,20-21H,10-11H2,1-2H3. The van der Waals surface area contributed by atoms with E-state index >= 15 is 0 Å². The number of aliphatic hydroxyl groups is 1. The molecule has 0 saturated heterocycles. The zero-order valence-corrected chi connectivity index (χ0v) is 13.1. The Balaban J connectivity index is 1.95. The van der Waals surface area contributed by atoms with Crippen LogP contribution >= 0.6 is 11.6 Å². The minimum atomic E-state index is 0.0615. The Morgan fingerprint density at radius 2 is 2.05 bits per heavy atom. The Morgan fingerprint density at radius 3 is 2.81 bits per heavy atom. The minimum absolute atomic E-state index is 0.0615. The van der Waals surface area contributed by atoms with Crippen LogP contribution in [0.2, 0.25) is 5.02 Å². The molecule has 2 aromatic carbocycles. The van der Waals surface area contributed by atoms with Crippen molar-refractivity contribution in [3.8, 4) is 0 Å². The van der Waals surface area contributed by atoms with Gasteiger partial charge in [0.25, 0.3) is 0 Å². The summed E-state index contributed by atoms with van der Waals surface area (Å²) >= 11 is 6.17. The maximum absolute atomic E-state index is 9.27. The summed E-state index contributed by atoms with van der Waals surface area (Å²) in [4.78, 5) is 0. The van der Waals surface area contributed by atoms with Crippen LogP contribution in [0.4, 0.5) is 5.69 Å². The second-order valence-corrected chi connectivity index (χ2v) is 6.88. The van der Waals surface area contributed by atoms with Gasteiger partial charge in [-0.05, 0) is 52.8 Å². The van der Waals surface area contributed by atoms with E-state index in [9.17, 15) is 5.11 Å². The van der Waals surface area contributed by atoms with Gasteiger partial charge in [-0.15, -0.1) is 0 Å². The average Bonchev–Trinajstić information content (AvgIpc) is 2.70. The third-order valence-corrected chi connectivity index (χ3v) is 4.50. The predicted molar refractivity (Wildman–Crippen MR) is 87.7 cm³/mol. The molecule has 0 amide bonds. The zero-order chi connectivity index (χ0) is 15.0. The van der Waals surface area contributed by atoms with Gasteiger partial charge >= 0.3 is 0 Å². The molecule has 1 aliphatic carbocycles. The number of hydrogen-bond acceptors (Lipinski definition) is 2. The largest absolute Gasteiger partial charge is 0.392 e. The third-order valence-electron chi connectivity index (χ3n) is 4.27. The number of hydrogen-bond donors (Lipinski definition) is 2. The van der Waals surface area contributed by atoms with Gasteiger partial charge in [-0.25, -0.2) is 0 Å². The lowest BCUT2D eigenvalue weighted by Crippen LogP contribution is -2.24. The summed E-state index contributed by atoms with van der Waals surface area (Å²) in [6.45, 7) is 4.61. The van der Waals surface area contributed by atoms with E-state index in [1.54, 1.807) is 0 Å². The molecular formula is C18H20ClNO. The molecule has 1 unspecified atom stereocenters. The van der Waals surface area contributed by atoms with Crippen molar-refractivity contribution in [2.45, 2.75) is 32.9 Å². The second-order valence-electron chi connectivity index (χ2n) is 6.44. The van der Waals surface area contributed by atoms with Gasteiger partial charge < -0.3 is 10.4 Å². The Morgan fingerprint density at radius 1 is 1.24 bits per heavy atom. The van der Waals surface area contributed by atoms with Crippen molar-refractivity contribution in [2.75, 3.05) is 5.32 Å². The molecule has 0 saturated carbocycles. The quantitative estimate of drug-likeness (QED) is 0.870. The van der Waals surface area contributed by atoms with E-state index in [2.05, 4.69) is 31.3 Å². The summed E-state index contributed by atoms with van der Waals surface area (Å²) in [5.74, 6) is 0. The number of halogens is 1. The van der Waals surface area contributed by atoms with Crippen molar-refractivity contribution < 1.29 is 5.11 Å². The summed E-state index contributed by atoms with van der Waals surface area (Å²) in [5, 5.41) is 13.7. The van der Waals surface area contributed by atoms with Gasteiger partial charge in [0, 0.05) is 10.7 Å². The molecule has 0 bridgehead atoms. The molecule has 1 atom stereocenters. The maximum Gasteiger partial charge on any atom is 0.0682 e. The van der Waals surface area contributed by atoms with E-state index in [4.69, 9.17) is 11.6 Å². The first kappa shape index (κ1) is 14.4. The molecule has 0 aliphatic heterocycles. The molecule has 0 radical (unpaired) electrons. The summed E-state index contributed by atoms with van der Waals surface area (Å²) < 4.78 is 0. The van der Waals surface area contributed by atoms with Crippen molar-refractivity contribution in [2.24, 2.45) is 5.41 Å². The van der Waals surface area contributed by atoms with Crippen molar-refractivity contribution in [1.29, 1.82) is 0 Å². The molecule has 21 heavy (non-hydrogen) atoms. The van der Waals surface area contributed by atoms with Crippen LogP contribution < -0.4 is 5.32 Å². The molecule has 3 rings (SSSR count). The summed E-state index contributed by atoms with van der Waals surface area (Å²) in [6.07, 6.45) is 1.04. The first-order valence-corrected chi connectivity index (χ1v) is 7.62. The second kappa shape index (κ2) is 5.36. The van der Waals surface area contributed by atoms with Crippen LogP contribution in [0, 0.1) is 5.41 Å². The highest BCUT2D eigenvalue weighted by molar-refractivity contribution is 6.30. The Hall–Kier alpha value is -1.51. The van der Waals surface area contributed by atoms with Gasteiger partial charge in [0.2, 0.25) is 0 Å². The van der Waals surface area contributed by atoms with Gasteiger partial charge in [-0.1, -0.05) is 43.6 Å². The molecule has 0 aromatic heterocycles. The highest BCUT2D eigenvalue weighted by Crippen LogP contribution is 2.47. The Bertz CT molecular complexity index is 666. The van der Waals surface area contributed by atoms with Crippen LogP contribution in [-0.4, -0.2) is 5.11 Å². The van der Waals surface area contributed by atoms with Crippen LogP contribution in [0.15, 0.2) is 42.5 Å². The summed E-state index contributed by atoms with van der Waals surface area (Å²) in [6, 6.07) is 14.3. The smallest absolute Gasteiger partial charge is 0.0682 e. The van der Waals surface area contributed by atoms with Crippen LogP contribution in [0.5, 0.6) is 0 Å². The van der Waals surface area contributed by atoms with Crippen molar-refractivity contribution in [3.05, 3.63) is 64.2 Å². The van der Waals surface area contributed by atoms with E-state index in [0.29, 0.717) is 0 Å². The fraction of sp³-hybridized carbons (Fsp3) is 0.333. The number of benzene rings is 2. The molecule has 1 aliphatic rings. The Labute approximate surface area is 130 Å². The number of fused-ring (bicyclic) bond motifs is 1. The first-order valence-electron chi connectivity index (χ1n) is 7.24. The molecule has 2 nitrogen and oxygen atoms in total. The highest BCUT2D eigenvalue weighted by atomic mass is 35.5. The fourth-order valence-electron chi connectivity index (χ4n) is 3.21. The lowest BCUT2D eigenvalue weighted by atomic mass is 9.85. The van der Waals surface area contributed by atoms with Crippen LogP contribution in [0.25, 0.3) is 0 Å². The van der Waals surface area contributed by atoms with Crippen molar-refractivity contribution >= 4 is 17.3 Å². The lowest BCUT2D eigenvalue weighted by Gasteiger charge is -2.29. The van der Waals surface area contributed by atoms with Gasteiger partial charge in [0.05, 0.1) is 12.6 Å². The normalized spacial score (nSPS) is 19.3. The maximum atomic E-state index is 9.27. The van der Waals surface area contributed by atoms with E-state index < -0.39 is 0 Å². The SMILES string of the molecule is CC1(C)Cc2ccc(Cl)cc2C1Nc1cccc(CO)c1. The fourth-order valence-corrected chi connectivity index (χ4v) is 3.39. The predicted octanol–water partition coefficient (Wildman–Crippen LogP) is 4.57. The third kappa shape index (κ3) is 2.78. The topological polar surface area (TPSA) is 32.3 Å². The summed E-state index contributed by atoms with van der Waals surface area (Å²) in [7, 11) is 0. The molecule has 2 aromatic rings. The monoisotopic (exact) mass is 301 g/mol. The summed E-state index contributed by atoms with van der Waals surface area (Å²) in [5.41, 5.74) is 4.72. The van der Waals surface area contributed by atoms with Crippen LogP contribution in [0.3, 0.4) is 0 Å². The number of anilines is 1. The van der Waals surface area contributed by atoms with E-state index in [0.717, 1.165) is 22.7 Å². The zero-order valence-electron chi connectivity index (χ0n) is 12.4. The molecule has 2 N–H and O–H groups in total. The number of rotatable bonds is 3. The minimum Gasteiger partial charge on any atom is -0.392 e. The lowest BCUT2D eigenvalue weighted by molar-refractivity contribution is 0.282. The van der Waals surface area contributed by atoms with Gasteiger partial charge in [-0.3, -0.25) is 0 Å². The average molecular weight is 302 g/mol. The molecule has 0 heterocycles. The van der Waals surface area contributed by atoms with Gasteiger partial charge in [0.1, 0.15) is 0 Å². The van der Waals surface area contributed by atoms with Gasteiger partial charge in [-0.2, -0.15) is 0 Å². The van der Waals surface area contributed by atoms with E-state index in [1.165, 1.54) is 11.1 Å². The van der Waals surface area contributed by atoms with Crippen molar-refractivity contribution in [3.63, 3.8) is 0 Å². The molecule has 0 spiro atoms.